The van der Waals surface area contributed by atoms with Gasteiger partial charge in [0.25, 0.3) is 0 Å². The molecule has 1 aromatic heterocycles. The standard InChI is InChI=1S/C10H14N2.3Ca.2H3O4P/c1-12-7-3-5-10(12)9-4-2-6-11-8-9;;;;2*1-5(2,3)4/h2,4,6,8,10H,3,5,7H2,1H3;;;;2*(H3,1,2,3,4)/q;3*+2;;/p-6. The molecule has 1 aliphatic heterocycles. The van der Waals surface area contributed by atoms with Gasteiger partial charge in [-0.25, -0.2) is 0 Å². The van der Waals surface area contributed by atoms with Crippen LogP contribution in [0.3, 0.4) is 0 Å². The van der Waals surface area contributed by atoms with E-state index in [2.05, 4.69) is 23.0 Å². The molecule has 1 aromatic rings. The summed E-state index contributed by atoms with van der Waals surface area (Å²) >= 11 is 0. The molecule has 25 heavy (non-hydrogen) atoms. The van der Waals surface area contributed by atoms with Gasteiger partial charge in [-0.15, -0.1) is 0 Å². The Bertz CT molecular complexity index is 494. The fourth-order valence-corrected chi connectivity index (χ4v) is 1.90. The number of rotatable bonds is 1. The van der Waals surface area contributed by atoms with E-state index in [0.717, 1.165) is 0 Å². The second-order valence-electron chi connectivity index (χ2n) is 4.32. The third-order valence-electron chi connectivity index (χ3n) is 2.59. The van der Waals surface area contributed by atoms with Crippen molar-refractivity contribution in [2.24, 2.45) is 0 Å². The van der Waals surface area contributed by atoms with Crippen molar-refractivity contribution in [3.63, 3.8) is 0 Å². The zero-order valence-electron chi connectivity index (χ0n) is 13.7. The van der Waals surface area contributed by atoms with Gasteiger partial charge in [-0.1, -0.05) is 6.07 Å². The molecule has 0 amide bonds. The van der Waals surface area contributed by atoms with Gasteiger partial charge in [0.1, 0.15) is 0 Å². The van der Waals surface area contributed by atoms with Crippen LogP contribution < -0.4 is 29.4 Å². The third kappa shape index (κ3) is 27.1. The number of hydrogen-bond donors (Lipinski definition) is 0. The first-order chi connectivity index (χ1) is 9.88. The summed E-state index contributed by atoms with van der Waals surface area (Å²) in [6, 6.07) is 4.79. The smallest absolute Gasteiger partial charge is 0.822 e. The van der Waals surface area contributed by atoms with E-state index < -0.39 is 15.6 Å². The topological polar surface area (TPSA) is 189 Å². The maximum Gasteiger partial charge on any atom is 2.00 e. The molecule has 0 saturated carbocycles. The molecule has 0 radical (unpaired) electrons. The van der Waals surface area contributed by atoms with Gasteiger partial charge in [-0.2, -0.15) is 15.6 Å². The first-order valence-corrected chi connectivity index (χ1v) is 8.86. The summed E-state index contributed by atoms with van der Waals surface area (Å²) in [5.74, 6) is 0. The van der Waals surface area contributed by atoms with Crippen LogP contribution in [0.4, 0.5) is 0 Å². The van der Waals surface area contributed by atoms with Crippen LogP contribution in [0.25, 0.3) is 0 Å². The second kappa shape index (κ2) is 17.9. The molecule has 0 bridgehead atoms. The number of pyridine rings is 1. The molecule has 2 rings (SSSR count). The van der Waals surface area contributed by atoms with Crippen LogP contribution in [0.2, 0.25) is 0 Å². The van der Waals surface area contributed by atoms with Gasteiger partial charge in [0.05, 0.1) is 0 Å². The van der Waals surface area contributed by atoms with Crippen LogP contribution in [0.1, 0.15) is 24.4 Å². The van der Waals surface area contributed by atoms with Crippen molar-refractivity contribution in [2.45, 2.75) is 18.9 Å². The Morgan fingerprint density at radius 3 is 1.76 bits per heavy atom. The zero-order chi connectivity index (χ0) is 17.4. The van der Waals surface area contributed by atoms with Gasteiger partial charge in [0, 0.05) is 18.4 Å². The van der Waals surface area contributed by atoms with Crippen LogP contribution in [0, 0.1) is 0 Å². The van der Waals surface area contributed by atoms with Gasteiger partial charge >= 0.3 is 113 Å². The van der Waals surface area contributed by atoms with E-state index in [0.29, 0.717) is 6.04 Å². The summed E-state index contributed by atoms with van der Waals surface area (Å²) in [5.41, 5.74) is 1.36. The monoisotopic (exact) mass is 472 g/mol. The molecule has 0 aliphatic carbocycles. The second-order valence-corrected chi connectivity index (χ2v) is 6.11. The molecule has 0 N–H and O–H groups in total. The van der Waals surface area contributed by atoms with E-state index >= 15 is 0 Å². The van der Waals surface area contributed by atoms with Crippen molar-refractivity contribution in [3.05, 3.63) is 30.1 Å². The molecule has 1 atom stereocenters. The minimum atomic E-state index is -5.39. The minimum absolute atomic E-state index is 0. The van der Waals surface area contributed by atoms with Crippen molar-refractivity contribution in [3.8, 4) is 0 Å². The van der Waals surface area contributed by atoms with Gasteiger partial charge < -0.3 is 38.5 Å². The molecule has 0 aromatic carbocycles. The summed E-state index contributed by atoms with van der Waals surface area (Å²) in [4.78, 5) is 57.8. The van der Waals surface area contributed by atoms with Crippen molar-refractivity contribution < 1.29 is 38.5 Å². The fourth-order valence-electron chi connectivity index (χ4n) is 1.90. The number of aromatic nitrogens is 1. The minimum Gasteiger partial charge on any atom is -0.822 e. The van der Waals surface area contributed by atoms with Gasteiger partial charge in [-0.05, 0) is 38.1 Å². The summed E-state index contributed by atoms with van der Waals surface area (Å²) in [5, 5.41) is 0. The third-order valence-corrected chi connectivity index (χ3v) is 2.59. The molecule has 128 valence electrons. The van der Waals surface area contributed by atoms with Crippen LogP contribution >= 0.6 is 15.6 Å². The Morgan fingerprint density at radius 1 is 1.04 bits per heavy atom. The first kappa shape index (κ1) is 35.5. The number of hydrogen-bond acceptors (Lipinski definition) is 10. The van der Waals surface area contributed by atoms with E-state index in [4.69, 9.17) is 38.5 Å². The molecule has 0 spiro atoms. The number of nitrogens with zero attached hydrogens (tertiary/aromatic N) is 2. The number of likely N-dealkylation sites (tertiary alicyclic amines) is 1. The largest absolute Gasteiger partial charge is 2.00 e. The van der Waals surface area contributed by atoms with E-state index in [1.807, 2.05) is 18.5 Å². The molecule has 2 heterocycles. The molecule has 1 aliphatic rings. The quantitative estimate of drug-likeness (QED) is 0.283. The van der Waals surface area contributed by atoms with Crippen LogP contribution in [0.5, 0.6) is 0 Å². The average molecular weight is 472 g/mol. The van der Waals surface area contributed by atoms with Crippen molar-refractivity contribution in [1.82, 2.24) is 9.88 Å². The van der Waals surface area contributed by atoms with E-state index in [9.17, 15) is 0 Å². The Kier molecular flexibility index (Phi) is 25.5. The van der Waals surface area contributed by atoms with Crippen LogP contribution in [0.15, 0.2) is 24.5 Å². The zero-order valence-corrected chi connectivity index (χ0v) is 22.1. The molecular weight excluding hydrogens is 458 g/mol. The predicted octanol–water partition coefficient (Wildman–Crippen LogP) is -4.94. The molecule has 1 fully saturated rings. The van der Waals surface area contributed by atoms with E-state index in [1.54, 1.807) is 0 Å². The molecular formula is C10H14Ca3N2O8P2. The Hall–Kier alpha value is 3.11. The number of phosphoric acid groups is 2. The Labute approximate surface area is 235 Å². The first-order valence-electron chi connectivity index (χ1n) is 5.94. The van der Waals surface area contributed by atoms with Crippen molar-refractivity contribution in [2.75, 3.05) is 13.6 Å². The summed E-state index contributed by atoms with van der Waals surface area (Å²) in [6.45, 7) is 1.22. The van der Waals surface area contributed by atoms with Crippen LogP contribution in [-0.2, 0) is 9.13 Å². The van der Waals surface area contributed by atoms with Crippen LogP contribution in [-0.4, -0.2) is 137 Å². The predicted molar refractivity (Wildman–Crippen MR) is 81.3 cm³/mol. The molecule has 1 unspecified atom stereocenters. The van der Waals surface area contributed by atoms with Gasteiger partial charge in [-0.3, -0.25) is 9.88 Å². The van der Waals surface area contributed by atoms with E-state index in [1.165, 1.54) is 24.9 Å². The normalized spacial score (nSPS) is 16.5. The van der Waals surface area contributed by atoms with Gasteiger partial charge in [0.2, 0.25) is 0 Å². The van der Waals surface area contributed by atoms with Crippen molar-refractivity contribution >= 4 is 129 Å². The average Bonchev–Trinajstić information content (AvgIpc) is 2.72. The van der Waals surface area contributed by atoms with E-state index in [-0.39, 0.29) is 113 Å². The summed E-state index contributed by atoms with van der Waals surface area (Å²) < 4.78 is 17.1. The molecule has 1 saturated heterocycles. The molecule has 15 heteroatoms. The maximum atomic E-state index is 8.55. The van der Waals surface area contributed by atoms with Gasteiger partial charge in [0.15, 0.2) is 0 Å². The fraction of sp³-hybridized carbons (Fsp3) is 0.500. The Balaban J connectivity index is -0.000000147. The maximum absolute atomic E-state index is 8.55. The summed E-state index contributed by atoms with van der Waals surface area (Å²) in [7, 11) is -8.59. The SMILES string of the molecule is CN1CCCC1c1cccnc1.O=P([O-])([O-])[O-].O=P([O-])([O-])[O-].[Ca+2].[Ca+2].[Ca+2]. The summed E-state index contributed by atoms with van der Waals surface area (Å²) in [6.07, 6.45) is 6.41. The van der Waals surface area contributed by atoms with Crippen molar-refractivity contribution in [1.29, 1.82) is 0 Å². The molecule has 10 nitrogen and oxygen atoms in total. The Morgan fingerprint density at radius 2 is 1.48 bits per heavy atom.